The summed E-state index contributed by atoms with van der Waals surface area (Å²) in [4.78, 5) is 27.8. The fraction of sp³-hybridized carbons (Fsp3) is 0.391. The summed E-state index contributed by atoms with van der Waals surface area (Å²) >= 11 is 0. The Balaban J connectivity index is 2.04. The number of nitrogens with zero attached hydrogens (tertiary/aromatic N) is 1. The number of phenols is 2. The van der Waals surface area contributed by atoms with E-state index in [1.807, 2.05) is 6.92 Å². The van der Waals surface area contributed by atoms with Crippen molar-refractivity contribution in [1.29, 1.82) is 0 Å². The number of aromatic hydroxyl groups is 2. The average Bonchev–Trinajstić information content (AvgIpc) is 3.22. The Labute approximate surface area is 175 Å². The zero-order chi connectivity index (χ0) is 21.8. The van der Waals surface area contributed by atoms with Crippen LogP contribution in [0.4, 0.5) is 0 Å². The molecule has 3 rings (SSSR count). The number of ketones is 1. The van der Waals surface area contributed by atoms with Gasteiger partial charge in [0.1, 0.15) is 17.2 Å². The van der Waals surface area contributed by atoms with Gasteiger partial charge < -0.3 is 25.0 Å². The minimum absolute atomic E-state index is 0.0166. The number of carbonyl (C=O) groups is 2. The van der Waals surface area contributed by atoms with Crippen LogP contribution >= 0.6 is 0 Å². The lowest BCUT2D eigenvalue weighted by molar-refractivity contribution is -0.132. The highest BCUT2D eigenvalue weighted by Gasteiger charge is 2.31. The lowest BCUT2D eigenvalue weighted by Crippen LogP contribution is -2.38. The van der Waals surface area contributed by atoms with E-state index in [1.165, 1.54) is 7.11 Å². The van der Waals surface area contributed by atoms with Crippen LogP contribution in [0, 0.1) is 0 Å². The number of ether oxygens (including phenoxy) is 1. The molecule has 0 saturated carbocycles. The molecule has 1 fully saturated rings. The third-order valence-electron chi connectivity index (χ3n) is 5.67. The number of carbonyl (C=O) groups excluding carboxylic acids is 2. The Morgan fingerprint density at radius 3 is 2.43 bits per heavy atom. The predicted molar refractivity (Wildman–Crippen MR) is 111 cm³/mol. The SMILES string of the molecule is CCc1c(O)cc(O)c(C(=O)c2ccc(OC)cc2)c1CC(=O)N1CCC[C@@H]1CO. The summed E-state index contributed by atoms with van der Waals surface area (Å²) in [6.07, 6.45) is 1.78. The first kappa shape index (κ1) is 21.6. The molecule has 0 aromatic heterocycles. The molecular weight excluding hydrogens is 386 g/mol. The molecule has 30 heavy (non-hydrogen) atoms. The fourth-order valence-electron chi connectivity index (χ4n) is 4.09. The second kappa shape index (κ2) is 9.17. The number of likely N-dealkylation sites (tertiary alicyclic amines) is 1. The number of hydrogen-bond acceptors (Lipinski definition) is 6. The van der Waals surface area contributed by atoms with E-state index < -0.39 is 5.78 Å². The zero-order valence-electron chi connectivity index (χ0n) is 17.2. The van der Waals surface area contributed by atoms with Crippen molar-refractivity contribution in [2.45, 2.75) is 38.6 Å². The first-order valence-electron chi connectivity index (χ1n) is 10.1. The minimum Gasteiger partial charge on any atom is -0.508 e. The highest BCUT2D eigenvalue weighted by molar-refractivity contribution is 6.12. The topological polar surface area (TPSA) is 107 Å². The van der Waals surface area contributed by atoms with Gasteiger partial charge >= 0.3 is 0 Å². The normalized spacial score (nSPS) is 16.0. The van der Waals surface area contributed by atoms with Gasteiger partial charge in [-0.25, -0.2) is 0 Å². The summed E-state index contributed by atoms with van der Waals surface area (Å²) in [5.74, 6) is -0.601. The van der Waals surface area contributed by atoms with Crippen LogP contribution in [0.5, 0.6) is 17.2 Å². The van der Waals surface area contributed by atoms with Crippen molar-refractivity contribution in [3.05, 3.63) is 52.6 Å². The molecule has 0 spiro atoms. The predicted octanol–water partition coefficient (Wildman–Crippen LogP) is 2.43. The number of phenolic OH excluding ortho intramolecular Hbond substituents is 2. The van der Waals surface area contributed by atoms with Crippen LogP contribution in [-0.4, -0.2) is 58.2 Å². The monoisotopic (exact) mass is 413 g/mol. The van der Waals surface area contributed by atoms with Gasteiger partial charge in [0.25, 0.3) is 0 Å². The molecule has 1 atom stereocenters. The molecule has 1 heterocycles. The van der Waals surface area contributed by atoms with Gasteiger partial charge in [-0.05, 0) is 54.7 Å². The van der Waals surface area contributed by atoms with Crippen molar-refractivity contribution in [3.8, 4) is 17.2 Å². The number of hydrogen-bond donors (Lipinski definition) is 3. The first-order chi connectivity index (χ1) is 14.4. The van der Waals surface area contributed by atoms with Crippen molar-refractivity contribution < 1.29 is 29.6 Å². The Morgan fingerprint density at radius 2 is 1.83 bits per heavy atom. The molecule has 3 N–H and O–H groups in total. The van der Waals surface area contributed by atoms with Gasteiger partial charge in [-0.1, -0.05) is 6.92 Å². The van der Waals surface area contributed by atoms with E-state index in [-0.39, 0.29) is 42.0 Å². The van der Waals surface area contributed by atoms with Crippen LogP contribution in [-0.2, 0) is 17.6 Å². The summed E-state index contributed by atoms with van der Waals surface area (Å²) in [5.41, 5.74) is 1.13. The molecule has 1 aliphatic heterocycles. The number of aliphatic hydroxyl groups excluding tert-OH is 1. The highest BCUT2D eigenvalue weighted by Crippen LogP contribution is 2.35. The first-order valence-corrected chi connectivity index (χ1v) is 10.1. The molecule has 160 valence electrons. The minimum atomic E-state index is -0.437. The van der Waals surface area contributed by atoms with Crippen LogP contribution in [0.15, 0.2) is 30.3 Å². The second-order valence-corrected chi connectivity index (χ2v) is 7.40. The molecule has 7 nitrogen and oxygen atoms in total. The van der Waals surface area contributed by atoms with E-state index >= 15 is 0 Å². The van der Waals surface area contributed by atoms with Crippen molar-refractivity contribution in [3.63, 3.8) is 0 Å². The molecule has 7 heteroatoms. The van der Waals surface area contributed by atoms with Crippen LogP contribution in [0.25, 0.3) is 0 Å². The summed E-state index contributed by atoms with van der Waals surface area (Å²) in [6.45, 7) is 2.24. The second-order valence-electron chi connectivity index (χ2n) is 7.40. The third kappa shape index (κ3) is 4.11. The fourth-order valence-corrected chi connectivity index (χ4v) is 4.09. The van der Waals surface area contributed by atoms with Crippen molar-refractivity contribution in [2.75, 3.05) is 20.3 Å². The average molecular weight is 413 g/mol. The van der Waals surface area contributed by atoms with E-state index in [0.29, 0.717) is 35.4 Å². The molecule has 0 unspecified atom stereocenters. The quantitative estimate of drug-likeness (QED) is 0.602. The highest BCUT2D eigenvalue weighted by atomic mass is 16.5. The third-order valence-corrected chi connectivity index (χ3v) is 5.67. The Bertz CT molecular complexity index is 938. The maximum atomic E-state index is 13.2. The number of aliphatic hydroxyl groups is 1. The molecule has 0 radical (unpaired) electrons. The van der Waals surface area contributed by atoms with Gasteiger partial charge in [0.15, 0.2) is 5.78 Å². The largest absolute Gasteiger partial charge is 0.508 e. The number of rotatable bonds is 7. The Kier molecular flexibility index (Phi) is 6.62. The smallest absolute Gasteiger partial charge is 0.227 e. The van der Waals surface area contributed by atoms with Crippen LogP contribution in [0.2, 0.25) is 0 Å². The molecular formula is C23H27NO6. The zero-order valence-corrected chi connectivity index (χ0v) is 17.2. The van der Waals surface area contributed by atoms with Gasteiger partial charge in [-0.2, -0.15) is 0 Å². The summed E-state index contributed by atoms with van der Waals surface area (Å²) < 4.78 is 5.12. The van der Waals surface area contributed by atoms with E-state index in [4.69, 9.17) is 4.74 Å². The van der Waals surface area contributed by atoms with Gasteiger partial charge in [0.2, 0.25) is 5.91 Å². The van der Waals surface area contributed by atoms with Gasteiger partial charge in [-0.3, -0.25) is 9.59 Å². The summed E-state index contributed by atoms with van der Waals surface area (Å²) in [5, 5.41) is 30.4. The van der Waals surface area contributed by atoms with E-state index in [9.17, 15) is 24.9 Å². The molecule has 2 aromatic rings. The molecule has 1 saturated heterocycles. The maximum Gasteiger partial charge on any atom is 0.227 e. The maximum absolute atomic E-state index is 13.2. The number of amides is 1. The molecule has 0 bridgehead atoms. The summed E-state index contributed by atoms with van der Waals surface area (Å²) in [6, 6.07) is 7.38. The number of benzene rings is 2. The van der Waals surface area contributed by atoms with Crippen molar-refractivity contribution in [1.82, 2.24) is 4.90 Å². The molecule has 0 aliphatic carbocycles. The van der Waals surface area contributed by atoms with E-state index in [1.54, 1.807) is 29.2 Å². The Morgan fingerprint density at radius 1 is 1.13 bits per heavy atom. The lowest BCUT2D eigenvalue weighted by atomic mass is 9.89. The Hall–Kier alpha value is -3.06. The van der Waals surface area contributed by atoms with E-state index in [0.717, 1.165) is 18.9 Å². The van der Waals surface area contributed by atoms with Crippen LogP contribution in [0.3, 0.4) is 0 Å². The van der Waals surface area contributed by atoms with Gasteiger partial charge in [0.05, 0.1) is 31.7 Å². The van der Waals surface area contributed by atoms with Crippen molar-refractivity contribution in [2.24, 2.45) is 0 Å². The lowest BCUT2D eigenvalue weighted by Gasteiger charge is -2.24. The van der Waals surface area contributed by atoms with Gasteiger partial charge in [-0.15, -0.1) is 0 Å². The van der Waals surface area contributed by atoms with Crippen LogP contribution < -0.4 is 4.74 Å². The van der Waals surface area contributed by atoms with Crippen molar-refractivity contribution >= 4 is 11.7 Å². The summed E-state index contributed by atoms with van der Waals surface area (Å²) in [7, 11) is 1.53. The molecule has 1 aliphatic rings. The molecule has 2 aromatic carbocycles. The number of methoxy groups -OCH3 is 1. The van der Waals surface area contributed by atoms with E-state index in [2.05, 4.69) is 0 Å². The van der Waals surface area contributed by atoms with Gasteiger partial charge in [0, 0.05) is 18.2 Å². The molecule has 1 amide bonds. The standard InChI is InChI=1S/C23H27NO6/c1-3-17-18(11-21(28)24-10-4-5-15(24)13-25)22(20(27)12-19(17)26)23(29)14-6-8-16(30-2)9-7-14/h6-9,12,15,25-27H,3-5,10-11,13H2,1-2H3/t15-/m1/s1. The van der Waals surface area contributed by atoms with Crippen LogP contribution in [0.1, 0.15) is 46.8 Å².